The van der Waals surface area contributed by atoms with Crippen LogP contribution >= 0.6 is 15.9 Å². The normalized spacial score (nSPS) is 10.8. The van der Waals surface area contributed by atoms with Gasteiger partial charge in [0.2, 0.25) is 5.88 Å². The first kappa shape index (κ1) is 17.0. The van der Waals surface area contributed by atoms with E-state index in [0.717, 1.165) is 13.6 Å². The molecule has 0 radical (unpaired) electrons. The average Bonchev–Trinajstić information content (AvgIpc) is 2.47. The first-order valence-corrected chi connectivity index (χ1v) is 7.64. The topological polar surface area (TPSA) is 93.3 Å². The second-order valence-electron chi connectivity index (χ2n) is 5.27. The number of carbonyl (C=O) groups is 1. The maximum absolute atomic E-state index is 12.4. The van der Waals surface area contributed by atoms with Crippen molar-refractivity contribution in [2.24, 2.45) is 7.05 Å². The van der Waals surface area contributed by atoms with Crippen LogP contribution in [0.1, 0.15) is 30.2 Å². The molecule has 122 valence electrons. The molecule has 0 bridgehead atoms. The van der Waals surface area contributed by atoms with Crippen LogP contribution in [0.3, 0.4) is 0 Å². The zero-order chi connectivity index (χ0) is 17.3. The van der Waals surface area contributed by atoms with E-state index in [4.69, 9.17) is 0 Å². The lowest BCUT2D eigenvalue weighted by Crippen LogP contribution is -2.43. The summed E-state index contributed by atoms with van der Waals surface area (Å²) in [7, 11) is 1.30. The summed E-state index contributed by atoms with van der Waals surface area (Å²) in [4.78, 5) is 36.8. The third kappa shape index (κ3) is 3.21. The van der Waals surface area contributed by atoms with Crippen LogP contribution in [-0.2, 0) is 7.05 Å². The van der Waals surface area contributed by atoms with Gasteiger partial charge in [-0.2, -0.15) is 0 Å². The van der Waals surface area contributed by atoms with Crippen LogP contribution < -0.4 is 16.6 Å². The number of benzene rings is 1. The highest BCUT2D eigenvalue weighted by atomic mass is 79.9. The summed E-state index contributed by atoms with van der Waals surface area (Å²) in [6.45, 7) is 3.30. The summed E-state index contributed by atoms with van der Waals surface area (Å²) >= 11 is 3.28. The van der Waals surface area contributed by atoms with Gasteiger partial charge in [0, 0.05) is 23.2 Å². The number of halogens is 1. The Kier molecular flexibility index (Phi) is 4.74. The molecule has 1 aromatic carbocycles. The molecule has 7 nitrogen and oxygen atoms in total. The Morgan fingerprint density at radius 3 is 2.30 bits per heavy atom. The number of aromatic nitrogens is 2. The van der Waals surface area contributed by atoms with Crippen LogP contribution in [0.2, 0.25) is 0 Å². The number of amides is 1. The second kappa shape index (κ2) is 6.41. The molecule has 0 aliphatic rings. The summed E-state index contributed by atoms with van der Waals surface area (Å²) in [6.07, 6.45) is 0. The van der Waals surface area contributed by atoms with Crippen LogP contribution in [0.4, 0.5) is 5.69 Å². The van der Waals surface area contributed by atoms with Gasteiger partial charge in [-0.3, -0.25) is 18.7 Å². The molecule has 8 heteroatoms. The molecule has 0 aliphatic carbocycles. The van der Waals surface area contributed by atoms with Crippen LogP contribution in [0.15, 0.2) is 38.3 Å². The fourth-order valence-corrected chi connectivity index (χ4v) is 2.37. The van der Waals surface area contributed by atoms with Gasteiger partial charge < -0.3 is 10.4 Å². The maximum Gasteiger partial charge on any atom is 0.333 e. The minimum absolute atomic E-state index is 0.443. The molecule has 0 atom stereocenters. The molecular formula is C15H16BrN3O4. The summed E-state index contributed by atoms with van der Waals surface area (Å²) in [5.41, 5.74) is -1.51. The molecule has 1 amide bonds. The Balaban J connectivity index is 2.54. The van der Waals surface area contributed by atoms with Gasteiger partial charge in [0.25, 0.3) is 11.5 Å². The van der Waals surface area contributed by atoms with E-state index in [1.165, 1.54) is 7.05 Å². The van der Waals surface area contributed by atoms with Crippen molar-refractivity contribution in [2.75, 3.05) is 5.32 Å². The van der Waals surface area contributed by atoms with Crippen molar-refractivity contribution < 1.29 is 9.90 Å². The summed E-state index contributed by atoms with van der Waals surface area (Å²) in [5.74, 6) is -1.44. The van der Waals surface area contributed by atoms with Crippen LogP contribution in [0.5, 0.6) is 5.88 Å². The Morgan fingerprint density at radius 1 is 1.22 bits per heavy atom. The number of hydrogen-bond acceptors (Lipinski definition) is 4. The van der Waals surface area contributed by atoms with E-state index in [-0.39, 0.29) is 0 Å². The fourth-order valence-electron chi connectivity index (χ4n) is 2.10. The van der Waals surface area contributed by atoms with E-state index in [9.17, 15) is 19.5 Å². The highest BCUT2D eigenvalue weighted by molar-refractivity contribution is 9.10. The zero-order valence-corrected chi connectivity index (χ0v) is 14.4. The molecule has 0 saturated heterocycles. The molecule has 2 N–H and O–H groups in total. The van der Waals surface area contributed by atoms with Gasteiger partial charge >= 0.3 is 5.69 Å². The Bertz CT molecular complexity index is 866. The van der Waals surface area contributed by atoms with E-state index in [1.807, 2.05) is 0 Å². The molecule has 0 aliphatic heterocycles. The second-order valence-corrected chi connectivity index (χ2v) is 6.19. The standard InChI is InChI=1S/C15H16BrN3O4/c1-8(2)19-14(22)11(13(21)18(3)15(19)23)12(20)17-10-6-4-9(16)5-7-10/h4-8,21H,1-3H3,(H,17,20). The number of aromatic hydroxyl groups is 1. The predicted molar refractivity (Wildman–Crippen MR) is 90.1 cm³/mol. The van der Waals surface area contributed by atoms with Crippen molar-refractivity contribution in [1.29, 1.82) is 0 Å². The quantitative estimate of drug-likeness (QED) is 0.848. The van der Waals surface area contributed by atoms with Crippen molar-refractivity contribution in [3.05, 3.63) is 55.1 Å². The van der Waals surface area contributed by atoms with E-state index in [0.29, 0.717) is 5.69 Å². The lowest BCUT2D eigenvalue weighted by atomic mass is 10.2. The van der Waals surface area contributed by atoms with E-state index in [1.54, 1.807) is 38.1 Å². The number of nitrogens with one attached hydrogen (secondary N) is 1. The number of rotatable bonds is 3. The SMILES string of the molecule is CC(C)n1c(=O)c(C(=O)Nc2ccc(Br)cc2)c(O)n(C)c1=O. The van der Waals surface area contributed by atoms with Gasteiger partial charge in [-0.05, 0) is 38.1 Å². The van der Waals surface area contributed by atoms with E-state index >= 15 is 0 Å². The number of nitrogens with zero attached hydrogens (tertiary/aromatic N) is 2. The fraction of sp³-hybridized carbons (Fsp3) is 0.267. The van der Waals surface area contributed by atoms with Crippen LogP contribution in [0, 0.1) is 0 Å². The van der Waals surface area contributed by atoms with Crippen molar-refractivity contribution in [3.8, 4) is 5.88 Å². The first-order chi connectivity index (χ1) is 10.7. The Morgan fingerprint density at radius 2 is 1.78 bits per heavy atom. The van der Waals surface area contributed by atoms with Gasteiger partial charge in [0.05, 0.1) is 0 Å². The first-order valence-electron chi connectivity index (χ1n) is 6.85. The highest BCUT2D eigenvalue weighted by Gasteiger charge is 2.24. The molecular weight excluding hydrogens is 366 g/mol. The third-order valence-electron chi connectivity index (χ3n) is 3.31. The molecule has 0 unspecified atom stereocenters. The third-order valence-corrected chi connectivity index (χ3v) is 3.84. The molecule has 2 aromatic rings. The van der Waals surface area contributed by atoms with Gasteiger partial charge in [0.15, 0.2) is 5.56 Å². The number of anilines is 1. The molecule has 2 rings (SSSR count). The lowest BCUT2D eigenvalue weighted by Gasteiger charge is -2.15. The predicted octanol–water partition coefficient (Wildman–Crippen LogP) is 1.85. The summed E-state index contributed by atoms with van der Waals surface area (Å²) in [5, 5.41) is 12.6. The highest BCUT2D eigenvalue weighted by Crippen LogP contribution is 2.17. The zero-order valence-electron chi connectivity index (χ0n) is 12.8. The molecule has 1 aromatic heterocycles. The number of carbonyl (C=O) groups excluding carboxylic acids is 1. The van der Waals surface area contributed by atoms with Crippen LogP contribution in [0.25, 0.3) is 0 Å². The van der Waals surface area contributed by atoms with Crippen molar-refractivity contribution >= 4 is 27.5 Å². The van der Waals surface area contributed by atoms with Gasteiger partial charge in [0.1, 0.15) is 0 Å². The monoisotopic (exact) mass is 381 g/mol. The molecule has 1 heterocycles. The summed E-state index contributed by atoms with van der Waals surface area (Å²) < 4.78 is 2.64. The van der Waals surface area contributed by atoms with E-state index < -0.39 is 34.6 Å². The van der Waals surface area contributed by atoms with Gasteiger partial charge in [-0.1, -0.05) is 15.9 Å². The maximum atomic E-state index is 12.4. The molecule has 0 spiro atoms. The lowest BCUT2D eigenvalue weighted by molar-refractivity contribution is 0.102. The Labute approximate surface area is 140 Å². The van der Waals surface area contributed by atoms with Crippen molar-refractivity contribution in [1.82, 2.24) is 9.13 Å². The Hall–Kier alpha value is -2.35. The summed E-state index contributed by atoms with van der Waals surface area (Å²) in [6, 6.07) is 6.29. The number of hydrogen-bond donors (Lipinski definition) is 2. The average molecular weight is 382 g/mol. The molecule has 23 heavy (non-hydrogen) atoms. The van der Waals surface area contributed by atoms with E-state index in [2.05, 4.69) is 21.2 Å². The molecule has 0 saturated carbocycles. The largest absolute Gasteiger partial charge is 0.494 e. The molecule has 0 fully saturated rings. The minimum Gasteiger partial charge on any atom is -0.494 e. The van der Waals surface area contributed by atoms with Crippen molar-refractivity contribution in [3.63, 3.8) is 0 Å². The minimum atomic E-state index is -0.824. The van der Waals surface area contributed by atoms with Gasteiger partial charge in [-0.25, -0.2) is 4.79 Å². The van der Waals surface area contributed by atoms with Crippen LogP contribution in [-0.4, -0.2) is 20.1 Å². The van der Waals surface area contributed by atoms with Gasteiger partial charge in [-0.15, -0.1) is 0 Å². The smallest absolute Gasteiger partial charge is 0.333 e. The van der Waals surface area contributed by atoms with Crippen molar-refractivity contribution in [2.45, 2.75) is 19.9 Å².